The van der Waals surface area contributed by atoms with Crippen LogP contribution >= 0.6 is 0 Å². The third kappa shape index (κ3) is 2.90. The van der Waals surface area contributed by atoms with Gasteiger partial charge in [-0.3, -0.25) is 4.79 Å². The van der Waals surface area contributed by atoms with Gasteiger partial charge in [0.15, 0.2) is 5.82 Å². The fourth-order valence-electron chi connectivity index (χ4n) is 3.31. The van der Waals surface area contributed by atoms with E-state index < -0.39 is 0 Å². The van der Waals surface area contributed by atoms with Crippen LogP contribution in [0.25, 0.3) is 0 Å². The van der Waals surface area contributed by atoms with E-state index in [4.69, 9.17) is 4.52 Å². The fourth-order valence-corrected chi connectivity index (χ4v) is 3.31. The van der Waals surface area contributed by atoms with E-state index in [-0.39, 0.29) is 11.8 Å². The second kappa shape index (κ2) is 6.30. The average Bonchev–Trinajstić information content (AvgIpc) is 3.02. The Morgan fingerprint density at radius 2 is 1.96 bits per heavy atom. The molecule has 24 heavy (non-hydrogen) atoms. The van der Waals surface area contributed by atoms with Crippen LogP contribution in [-0.2, 0) is 0 Å². The lowest BCUT2D eigenvalue weighted by atomic mass is 9.85. The zero-order valence-electron chi connectivity index (χ0n) is 13.8. The molecule has 126 valence electrons. The maximum absolute atomic E-state index is 12.5. The Morgan fingerprint density at radius 3 is 2.62 bits per heavy atom. The molecule has 2 aliphatic rings. The van der Waals surface area contributed by atoms with E-state index in [0.29, 0.717) is 24.7 Å². The molecule has 2 aromatic heterocycles. The van der Waals surface area contributed by atoms with Crippen LogP contribution in [0.3, 0.4) is 0 Å². The van der Waals surface area contributed by atoms with Crippen molar-refractivity contribution in [2.24, 2.45) is 0 Å². The molecule has 1 saturated carbocycles. The standard InChI is InChI=1S/C17H21N5O2/c1-11-9-14(19-10-18-11)17(23)22-7-5-13(6-8-22)16-20-15(21-24-16)12-3-2-4-12/h9-10,12-13H,2-8H2,1H3. The van der Waals surface area contributed by atoms with Crippen molar-refractivity contribution in [3.63, 3.8) is 0 Å². The number of hydrogen-bond acceptors (Lipinski definition) is 6. The van der Waals surface area contributed by atoms with Crippen LogP contribution in [0.5, 0.6) is 0 Å². The predicted molar refractivity (Wildman–Crippen MR) is 85.5 cm³/mol. The summed E-state index contributed by atoms with van der Waals surface area (Å²) in [6.45, 7) is 3.24. The Kier molecular flexibility index (Phi) is 4.00. The number of hydrogen-bond donors (Lipinski definition) is 0. The maximum Gasteiger partial charge on any atom is 0.272 e. The lowest BCUT2D eigenvalue weighted by molar-refractivity contribution is 0.0698. The molecule has 7 heteroatoms. The van der Waals surface area contributed by atoms with Crippen molar-refractivity contribution in [2.45, 2.75) is 50.9 Å². The van der Waals surface area contributed by atoms with Gasteiger partial charge in [-0.15, -0.1) is 0 Å². The molecule has 7 nitrogen and oxygen atoms in total. The number of aromatic nitrogens is 4. The van der Waals surface area contributed by atoms with Crippen LogP contribution in [0.2, 0.25) is 0 Å². The number of aryl methyl sites for hydroxylation is 1. The molecular formula is C17H21N5O2. The monoisotopic (exact) mass is 327 g/mol. The topological polar surface area (TPSA) is 85.0 Å². The summed E-state index contributed by atoms with van der Waals surface area (Å²) in [4.78, 5) is 27.1. The summed E-state index contributed by atoms with van der Waals surface area (Å²) in [5, 5.41) is 4.14. The zero-order valence-corrected chi connectivity index (χ0v) is 13.8. The molecular weight excluding hydrogens is 306 g/mol. The van der Waals surface area contributed by atoms with E-state index in [1.54, 1.807) is 6.07 Å². The highest BCUT2D eigenvalue weighted by molar-refractivity contribution is 5.92. The Morgan fingerprint density at radius 1 is 1.17 bits per heavy atom. The van der Waals surface area contributed by atoms with E-state index in [2.05, 4.69) is 20.1 Å². The first kappa shape index (κ1) is 15.2. The smallest absolute Gasteiger partial charge is 0.272 e. The number of carbonyl (C=O) groups excluding carboxylic acids is 1. The number of rotatable bonds is 3. The summed E-state index contributed by atoms with van der Waals surface area (Å²) in [6.07, 6.45) is 6.74. The maximum atomic E-state index is 12.5. The highest BCUT2D eigenvalue weighted by atomic mass is 16.5. The Labute approximate surface area is 140 Å². The van der Waals surface area contributed by atoms with Gasteiger partial charge in [-0.1, -0.05) is 11.6 Å². The molecule has 1 aliphatic heterocycles. The first-order valence-electron chi connectivity index (χ1n) is 8.62. The summed E-state index contributed by atoms with van der Waals surface area (Å²) < 4.78 is 5.47. The van der Waals surface area contributed by atoms with E-state index in [1.807, 2.05) is 11.8 Å². The highest BCUT2D eigenvalue weighted by Gasteiger charge is 2.30. The molecule has 0 aromatic carbocycles. The molecule has 0 spiro atoms. The summed E-state index contributed by atoms with van der Waals surface area (Å²) in [7, 11) is 0. The van der Waals surface area contributed by atoms with Gasteiger partial charge in [0.25, 0.3) is 5.91 Å². The van der Waals surface area contributed by atoms with Gasteiger partial charge in [0.1, 0.15) is 12.0 Å². The summed E-state index contributed by atoms with van der Waals surface area (Å²) in [5.41, 5.74) is 1.27. The van der Waals surface area contributed by atoms with Crippen LogP contribution in [-0.4, -0.2) is 44.0 Å². The Hall–Kier alpha value is -2.31. The molecule has 0 atom stereocenters. The van der Waals surface area contributed by atoms with Crippen molar-refractivity contribution in [1.29, 1.82) is 0 Å². The van der Waals surface area contributed by atoms with Crippen molar-refractivity contribution < 1.29 is 9.32 Å². The molecule has 4 rings (SSSR count). The van der Waals surface area contributed by atoms with Crippen LogP contribution in [0.15, 0.2) is 16.9 Å². The van der Waals surface area contributed by atoms with Crippen molar-refractivity contribution in [3.05, 3.63) is 35.5 Å². The first-order chi connectivity index (χ1) is 11.7. The number of piperidine rings is 1. The van der Waals surface area contributed by atoms with Gasteiger partial charge < -0.3 is 9.42 Å². The summed E-state index contributed by atoms with van der Waals surface area (Å²) in [6, 6.07) is 1.73. The minimum atomic E-state index is -0.0281. The SMILES string of the molecule is Cc1cc(C(=O)N2CCC(c3nc(C4CCC4)no3)CC2)ncn1. The fraction of sp³-hybridized carbons (Fsp3) is 0.588. The molecule has 1 amide bonds. The average molecular weight is 327 g/mol. The van der Waals surface area contributed by atoms with Crippen molar-refractivity contribution >= 4 is 5.91 Å². The van der Waals surface area contributed by atoms with Crippen LogP contribution < -0.4 is 0 Å². The Bertz CT molecular complexity index is 732. The lowest BCUT2D eigenvalue weighted by Crippen LogP contribution is -2.38. The zero-order chi connectivity index (χ0) is 16.5. The van der Waals surface area contributed by atoms with E-state index in [0.717, 1.165) is 30.3 Å². The first-order valence-corrected chi connectivity index (χ1v) is 8.62. The third-order valence-corrected chi connectivity index (χ3v) is 5.08. The predicted octanol–water partition coefficient (Wildman–Crippen LogP) is 2.46. The number of carbonyl (C=O) groups is 1. The van der Waals surface area contributed by atoms with Gasteiger partial charge in [-0.2, -0.15) is 4.98 Å². The van der Waals surface area contributed by atoms with Crippen molar-refractivity contribution in [1.82, 2.24) is 25.0 Å². The molecule has 0 radical (unpaired) electrons. The number of likely N-dealkylation sites (tertiary alicyclic amines) is 1. The third-order valence-electron chi connectivity index (χ3n) is 5.08. The molecule has 1 aliphatic carbocycles. The minimum absolute atomic E-state index is 0.0281. The molecule has 1 saturated heterocycles. The Balaban J connectivity index is 1.37. The molecule has 0 unspecified atom stereocenters. The molecule has 2 fully saturated rings. The normalized spacial score (nSPS) is 19.3. The molecule has 0 bridgehead atoms. The van der Waals surface area contributed by atoms with Crippen LogP contribution in [0.4, 0.5) is 0 Å². The molecule has 2 aromatic rings. The van der Waals surface area contributed by atoms with Gasteiger partial charge in [0, 0.05) is 30.6 Å². The number of amides is 1. The van der Waals surface area contributed by atoms with E-state index in [1.165, 1.54) is 25.6 Å². The lowest BCUT2D eigenvalue weighted by Gasteiger charge is -2.30. The van der Waals surface area contributed by atoms with E-state index >= 15 is 0 Å². The van der Waals surface area contributed by atoms with Gasteiger partial charge in [0.05, 0.1) is 0 Å². The van der Waals surface area contributed by atoms with Crippen LogP contribution in [0.1, 0.15) is 71.8 Å². The second-order valence-electron chi connectivity index (χ2n) is 6.73. The minimum Gasteiger partial charge on any atom is -0.339 e. The van der Waals surface area contributed by atoms with Crippen LogP contribution in [0, 0.1) is 6.92 Å². The van der Waals surface area contributed by atoms with Crippen molar-refractivity contribution in [2.75, 3.05) is 13.1 Å². The van der Waals surface area contributed by atoms with E-state index in [9.17, 15) is 4.79 Å². The van der Waals surface area contributed by atoms with Gasteiger partial charge >= 0.3 is 0 Å². The largest absolute Gasteiger partial charge is 0.339 e. The summed E-state index contributed by atoms with van der Waals surface area (Å²) in [5.74, 6) is 2.32. The quantitative estimate of drug-likeness (QED) is 0.861. The van der Waals surface area contributed by atoms with Gasteiger partial charge in [-0.05, 0) is 38.7 Å². The van der Waals surface area contributed by atoms with Gasteiger partial charge in [-0.25, -0.2) is 9.97 Å². The second-order valence-corrected chi connectivity index (χ2v) is 6.73. The van der Waals surface area contributed by atoms with Crippen molar-refractivity contribution in [3.8, 4) is 0 Å². The molecule has 3 heterocycles. The molecule has 0 N–H and O–H groups in total. The summed E-state index contributed by atoms with van der Waals surface area (Å²) >= 11 is 0. The number of nitrogens with zero attached hydrogens (tertiary/aromatic N) is 5. The highest BCUT2D eigenvalue weighted by Crippen LogP contribution is 2.36. The van der Waals surface area contributed by atoms with Gasteiger partial charge in [0.2, 0.25) is 5.89 Å².